The molecule has 0 unspecified atom stereocenters. The van der Waals surface area contributed by atoms with Crippen LogP contribution in [0.15, 0.2) is 12.5 Å². The van der Waals surface area contributed by atoms with Gasteiger partial charge in [-0.15, -0.1) is 15.3 Å². The molecule has 9 nitrogen and oxygen atoms in total. The molecular weight excluding hydrogens is 248 g/mol. The van der Waals surface area contributed by atoms with Crippen LogP contribution >= 0.6 is 0 Å². The Kier molecular flexibility index (Phi) is 2.95. The number of nitrogens with zero attached hydrogens (tertiary/aromatic N) is 7. The molecule has 1 aliphatic heterocycles. The molecule has 0 spiro atoms. The summed E-state index contributed by atoms with van der Waals surface area (Å²) in [5.41, 5.74) is 5.76. The quantitative estimate of drug-likeness (QED) is 0.720. The molecule has 0 aliphatic carbocycles. The van der Waals surface area contributed by atoms with E-state index in [1.807, 2.05) is 4.57 Å². The Morgan fingerprint density at radius 2 is 2.26 bits per heavy atom. The smallest absolute Gasteiger partial charge is 0.276 e. The second kappa shape index (κ2) is 4.76. The van der Waals surface area contributed by atoms with Crippen molar-refractivity contribution in [1.82, 2.24) is 34.7 Å². The normalized spacial score (nSPS) is 14.5. The van der Waals surface area contributed by atoms with Gasteiger partial charge in [-0.1, -0.05) is 5.21 Å². The van der Waals surface area contributed by atoms with Gasteiger partial charge in [0.1, 0.15) is 6.33 Å². The van der Waals surface area contributed by atoms with E-state index in [9.17, 15) is 4.79 Å². The number of fused-ring (bicyclic) bond motifs is 1. The zero-order valence-electron chi connectivity index (χ0n) is 10.3. The number of hydrogen-bond donors (Lipinski definition) is 1. The summed E-state index contributed by atoms with van der Waals surface area (Å²) < 4.78 is 3.51. The lowest BCUT2D eigenvalue weighted by molar-refractivity contribution is 0.0701. The average molecular weight is 262 g/mol. The Balaban J connectivity index is 1.74. The summed E-state index contributed by atoms with van der Waals surface area (Å²) in [6, 6.07) is 0. The van der Waals surface area contributed by atoms with Gasteiger partial charge in [0.2, 0.25) is 0 Å². The van der Waals surface area contributed by atoms with Crippen LogP contribution in [-0.4, -0.2) is 53.7 Å². The zero-order chi connectivity index (χ0) is 13.2. The van der Waals surface area contributed by atoms with E-state index in [2.05, 4.69) is 20.5 Å². The van der Waals surface area contributed by atoms with Crippen LogP contribution in [0, 0.1) is 0 Å². The van der Waals surface area contributed by atoms with Crippen molar-refractivity contribution in [2.75, 3.05) is 13.1 Å². The van der Waals surface area contributed by atoms with Crippen LogP contribution in [0.2, 0.25) is 0 Å². The molecule has 0 fully saturated rings. The van der Waals surface area contributed by atoms with Gasteiger partial charge in [0.25, 0.3) is 5.91 Å². The Labute approximate surface area is 109 Å². The molecule has 1 aliphatic rings. The maximum atomic E-state index is 12.3. The SMILES string of the molecule is NCCn1cc(C(=O)N2CCn3cnnc3C2)nn1. The van der Waals surface area contributed by atoms with E-state index in [-0.39, 0.29) is 5.91 Å². The molecule has 3 rings (SSSR count). The largest absolute Gasteiger partial charge is 0.329 e. The number of hydrogen-bond acceptors (Lipinski definition) is 6. The first kappa shape index (κ1) is 11.8. The lowest BCUT2D eigenvalue weighted by Gasteiger charge is -2.26. The van der Waals surface area contributed by atoms with E-state index >= 15 is 0 Å². The van der Waals surface area contributed by atoms with Gasteiger partial charge in [0, 0.05) is 19.6 Å². The maximum Gasteiger partial charge on any atom is 0.276 e. The van der Waals surface area contributed by atoms with Crippen molar-refractivity contribution in [3.05, 3.63) is 24.0 Å². The minimum Gasteiger partial charge on any atom is -0.329 e. The standard InChI is InChI=1S/C10H14N8O/c11-1-2-18-5-8(13-15-18)10(19)16-3-4-17-7-12-14-9(17)6-16/h5,7H,1-4,6,11H2. The van der Waals surface area contributed by atoms with Crippen molar-refractivity contribution in [2.24, 2.45) is 5.73 Å². The minimum absolute atomic E-state index is 0.141. The third-order valence-electron chi connectivity index (χ3n) is 3.04. The molecule has 2 aromatic heterocycles. The number of carbonyl (C=O) groups excluding carboxylic acids is 1. The molecule has 9 heteroatoms. The molecule has 0 aromatic carbocycles. The van der Waals surface area contributed by atoms with Gasteiger partial charge in [-0.25, -0.2) is 0 Å². The predicted octanol–water partition coefficient (Wildman–Crippen LogP) is -1.52. The van der Waals surface area contributed by atoms with Gasteiger partial charge in [-0.05, 0) is 0 Å². The van der Waals surface area contributed by atoms with Crippen molar-refractivity contribution < 1.29 is 4.79 Å². The van der Waals surface area contributed by atoms with E-state index in [4.69, 9.17) is 5.73 Å². The van der Waals surface area contributed by atoms with E-state index in [1.165, 1.54) is 0 Å². The van der Waals surface area contributed by atoms with Crippen LogP contribution < -0.4 is 5.73 Å². The second-order valence-corrected chi connectivity index (χ2v) is 4.32. The lowest BCUT2D eigenvalue weighted by atomic mass is 10.3. The molecule has 1 amide bonds. The van der Waals surface area contributed by atoms with E-state index in [1.54, 1.807) is 22.1 Å². The molecule has 0 saturated heterocycles. The molecule has 0 saturated carbocycles. The van der Waals surface area contributed by atoms with Gasteiger partial charge >= 0.3 is 0 Å². The third-order valence-corrected chi connectivity index (χ3v) is 3.04. The highest BCUT2D eigenvalue weighted by Gasteiger charge is 2.24. The highest BCUT2D eigenvalue weighted by molar-refractivity contribution is 5.91. The number of aromatic nitrogens is 6. The minimum atomic E-state index is -0.141. The third kappa shape index (κ3) is 2.19. The summed E-state index contributed by atoms with van der Waals surface area (Å²) in [5, 5.41) is 15.5. The number of amides is 1. The van der Waals surface area contributed by atoms with Crippen LogP contribution in [0.25, 0.3) is 0 Å². The van der Waals surface area contributed by atoms with Crippen LogP contribution in [0.1, 0.15) is 16.3 Å². The maximum absolute atomic E-state index is 12.3. The summed E-state index contributed by atoms with van der Waals surface area (Å²) >= 11 is 0. The molecule has 19 heavy (non-hydrogen) atoms. The van der Waals surface area contributed by atoms with E-state index in [0.29, 0.717) is 38.4 Å². The highest BCUT2D eigenvalue weighted by Crippen LogP contribution is 2.11. The zero-order valence-corrected chi connectivity index (χ0v) is 10.3. The average Bonchev–Trinajstić information content (AvgIpc) is 3.05. The second-order valence-electron chi connectivity index (χ2n) is 4.32. The first-order valence-corrected chi connectivity index (χ1v) is 6.04. The van der Waals surface area contributed by atoms with E-state index in [0.717, 1.165) is 5.82 Å². The van der Waals surface area contributed by atoms with Crippen molar-refractivity contribution in [1.29, 1.82) is 0 Å². The van der Waals surface area contributed by atoms with Crippen molar-refractivity contribution in [3.63, 3.8) is 0 Å². The number of rotatable bonds is 3. The Bertz CT molecular complexity index is 588. The number of carbonyl (C=O) groups is 1. The van der Waals surface area contributed by atoms with Gasteiger partial charge in [-0.2, -0.15) is 0 Å². The summed E-state index contributed by atoms with van der Waals surface area (Å²) in [7, 11) is 0. The van der Waals surface area contributed by atoms with Crippen LogP contribution in [0.4, 0.5) is 0 Å². The molecule has 0 radical (unpaired) electrons. The van der Waals surface area contributed by atoms with Gasteiger partial charge in [-0.3, -0.25) is 9.48 Å². The molecule has 2 aromatic rings. The van der Waals surface area contributed by atoms with Crippen molar-refractivity contribution in [3.8, 4) is 0 Å². The summed E-state index contributed by atoms with van der Waals surface area (Å²) in [5.74, 6) is 0.645. The number of nitrogens with two attached hydrogens (primary N) is 1. The molecule has 2 N–H and O–H groups in total. The Morgan fingerprint density at radius 3 is 3.11 bits per heavy atom. The lowest BCUT2D eigenvalue weighted by Crippen LogP contribution is -2.38. The topological polar surface area (TPSA) is 108 Å². The Morgan fingerprint density at radius 1 is 1.37 bits per heavy atom. The fraction of sp³-hybridized carbons (Fsp3) is 0.500. The van der Waals surface area contributed by atoms with Crippen molar-refractivity contribution >= 4 is 5.91 Å². The fourth-order valence-electron chi connectivity index (χ4n) is 2.04. The predicted molar refractivity (Wildman–Crippen MR) is 63.8 cm³/mol. The summed E-state index contributed by atoms with van der Waals surface area (Å²) in [4.78, 5) is 14.0. The molecule has 3 heterocycles. The van der Waals surface area contributed by atoms with E-state index < -0.39 is 0 Å². The van der Waals surface area contributed by atoms with Gasteiger partial charge < -0.3 is 15.2 Å². The summed E-state index contributed by atoms with van der Waals surface area (Å²) in [6.07, 6.45) is 3.29. The first-order chi connectivity index (χ1) is 9.28. The van der Waals surface area contributed by atoms with Crippen molar-refractivity contribution in [2.45, 2.75) is 19.6 Å². The van der Waals surface area contributed by atoms with Gasteiger partial charge in [0.15, 0.2) is 11.5 Å². The van der Waals surface area contributed by atoms with Gasteiger partial charge in [0.05, 0.1) is 19.3 Å². The summed E-state index contributed by atoms with van der Waals surface area (Å²) in [6.45, 7) is 2.78. The molecule has 100 valence electrons. The monoisotopic (exact) mass is 262 g/mol. The highest BCUT2D eigenvalue weighted by atomic mass is 16.2. The molecular formula is C10H14N8O. The Hall–Kier alpha value is -2.29. The van der Waals surface area contributed by atoms with Crippen LogP contribution in [0.5, 0.6) is 0 Å². The van der Waals surface area contributed by atoms with Crippen LogP contribution in [-0.2, 0) is 19.6 Å². The molecule has 0 atom stereocenters. The first-order valence-electron chi connectivity index (χ1n) is 6.04. The van der Waals surface area contributed by atoms with Crippen LogP contribution in [0.3, 0.4) is 0 Å². The molecule has 0 bridgehead atoms. The fourth-order valence-corrected chi connectivity index (χ4v) is 2.04.